The summed E-state index contributed by atoms with van der Waals surface area (Å²) in [6.07, 6.45) is 18.6. The molecule has 2 aromatic rings. The summed E-state index contributed by atoms with van der Waals surface area (Å²) < 4.78 is 0. The molecule has 2 aliphatic rings. The third-order valence-corrected chi connectivity index (χ3v) is 6.41. The van der Waals surface area contributed by atoms with Crippen molar-refractivity contribution >= 4 is 47.0 Å². The van der Waals surface area contributed by atoms with Crippen LogP contribution in [0.3, 0.4) is 0 Å². The highest BCUT2D eigenvalue weighted by Crippen LogP contribution is 2.27. The fourth-order valence-electron chi connectivity index (χ4n) is 4.59. The van der Waals surface area contributed by atoms with E-state index in [1.807, 2.05) is 109 Å². The summed E-state index contributed by atoms with van der Waals surface area (Å²) in [6, 6.07) is 15.5. The standard InChI is InChI=1S/C32H34N4O2/c1-3-9-25(17-19-33-27-11-5-13-29(23-27)35-21-7-15-31(35)37)26(10-4-2)18-20-34-28-12-6-14-30(24-28)36-22-8-16-32(36)38/h3-6,9-14,17-20,23-24H,7-8,15-16,21-22H2,1-2H3/b9-3-,10-4-,25-17-,26-18+,33-19?,34-20?. The number of anilines is 2. The zero-order chi connectivity index (χ0) is 26.7. The predicted octanol–water partition coefficient (Wildman–Crippen LogP) is 7.05. The Bertz CT molecular complexity index is 1240. The van der Waals surface area contributed by atoms with Gasteiger partial charge in [-0.1, -0.05) is 36.4 Å². The highest BCUT2D eigenvalue weighted by molar-refractivity contribution is 5.96. The highest BCUT2D eigenvalue weighted by Gasteiger charge is 2.22. The van der Waals surface area contributed by atoms with Gasteiger partial charge >= 0.3 is 0 Å². The van der Waals surface area contributed by atoms with E-state index in [9.17, 15) is 9.59 Å². The normalized spacial score (nSPS) is 17.5. The summed E-state index contributed by atoms with van der Waals surface area (Å²) in [5.41, 5.74) is 5.36. The van der Waals surface area contributed by atoms with Crippen molar-refractivity contribution in [1.29, 1.82) is 0 Å². The smallest absolute Gasteiger partial charge is 0.227 e. The SMILES string of the molecule is C\C=C/C(=C/C=Nc1cccc(N2CCCC2=O)c1)C(/C=C\C)=C/C=Nc1cccc(N2CCCC2=O)c1. The summed E-state index contributed by atoms with van der Waals surface area (Å²) in [4.78, 5) is 37.1. The number of rotatable bonds is 9. The number of benzene rings is 2. The maximum Gasteiger partial charge on any atom is 0.227 e. The van der Waals surface area contributed by atoms with Crippen molar-refractivity contribution in [2.24, 2.45) is 9.98 Å². The van der Waals surface area contributed by atoms with Crippen molar-refractivity contribution in [3.63, 3.8) is 0 Å². The molecule has 0 bridgehead atoms. The molecule has 0 aliphatic carbocycles. The molecular weight excluding hydrogens is 472 g/mol. The minimum atomic E-state index is 0.167. The van der Waals surface area contributed by atoms with Gasteiger partial charge in [0.1, 0.15) is 0 Å². The molecule has 0 saturated carbocycles. The zero-order valence-electron chi connectivity index (χ0n) is 22.1. The Labute approximate surface area is 225 Å². The van der Waals surface area contributed by atoms with E-state index in [1.54, 1.807) is 12.4 Å². The third-order valence-electron chi connectivity index (χ3n) is 6.41. The van der Waals surface area contributed by atoms with Crippen LogP contribution in [0, 0.1) is 0 Å². The second-order valence-electron chi connectivity index (χ2n) is 9.14. The van der Waals surface area contributed by atoms with Gasteiger partial charge in [0, 0.05) is 49.7 Å². The van der Waals surface area contributed by atoms with Gasteiger partial charge in [-0.25, -0.2) is 0 Å². The number of amides is 2. The Morgan fingerprint density at radius 1 is 0.711 bits per heavy atom. The summed E-state index contributed by atoms with van der Waals surface area (Å²) in [6.45, 7) is 5.48. The van der Waals surface area contributed by atoms with Gasteiger partial charge in [0.15, 0.2) is 0 Å². The number of carbonyl (C=O) groups excluding carboxylic acids is 2. The number of hydrogen-bond donors (Lipinski definition) is 0. The van der Waals surface area contributed by atoms with E-state index >= 15 is 0 Å². The molecule has 0 unspecified atom stereocenters. The molecule has 0 atom stereocenters. The average molecular weight is 507 g/mol. The minimum Gasteiger partial charge on any atom is -0.312 e. The third kappa shape index (κ3) is 6.91. The number of aliphatic imine (C=N–C) groups is 2. The molecule has 2 heterocycles. The molecule has 0 N–H and O–H groups in total. The zero-order valence-corrected chi connectivity index (χ0v) is 22.1. The van der Waals surface area contributed by atoms with Crippen molar-refractivity contribution in [2.75, 3.05) is 22.9 Å². The molecule has 6 heteroatoms. The van der Waals surface area contributed by atoms with E-state index in [1.165, 1.54) is 0 Å². The summed E-state index contributed by atoms with van der Waals surface area (Å²) in [5, 5.41) is 0. The van der Waals surface area contributed by atoms with Gasteiger partial charge in [-0.2, -0.15) is 0 Å². The Kier molecular flexibility index (Phi) is 9.35. The predicted molar refractivity (Wildman–Crippen MR) is 158 cm³/mol. The van der Waals surface area contributed by atoms with Crippen molar-refractivity contribution in [1.82, 2.24) is 0 Å². The molecule has 194 valence electrons. The quantitative estimate of drug-likeness (QED) is 0.270. The van der Waals surface area contributed by atoms with Crippen LogP contribution in [0.25, 0.3) is 0 Å². The van der Waals surface area contributed by atoms with Crippen LogP contribution in [0.1, 0.15) is 39.5 Å². The van der Waals surface area contributed by atoms with Crippen LogP contribution in [0.2, 0.25) is 0 Å². The Morgan fingerprint density at radius 2 is 1.16 bits per heavy atom. The molecule has 0 spiro atoms. The topological polar surface area (TPSA) is 65.3 Å². The van der Waals surface area contributed by atoms with Gasteiger partial charge in [-0.05, 0) is 86.4 Å². The maximum absolute atomic E-state index is 12.1. The molecule has 6 nitrogen and oxygen atoms in total. The second-order valence-corrected chi connectivity index (χ2v) is 9.14. The van der Waals surface area contributed by atoms with Gasteiger partial charge in [0.2, 0.25) is 11.8 Å². The van der Waals surface area contributed by atoms with E-state index in [0.717, 1.165) is 59.8 Å². The monoisotopic (exact) mass is 506 g/mol. The number of hydrogen-bond acceptors (Lipinski definition) is 4. The Morgan fingerprint density at radius 3 is 1.53 bits per heavy atom. The lowest BCUT2D eigenvalue weighted by Gasteiger charge is -2.15. The first kappa shape index (κ1) is 26.7. The molecule has 38 heavy (non-hydrogen) atoms. The van der Waals surface area contributed by atoms with E-state index in [2.05, 4.69) is 9.98 Å². The summed E-state index contributed by atoms with van der Waals surface area (Å²) in [5.74, 6) is 0.334. The molecule has 2 saturated heterocycles. The Balaban J connectivity index is 1.52. The first-order valence-electron chi connectivity index (χ1n) is 13.1. The van der Waals surface area contributed by atoms with Crippen LogP contribution in [0.15, 0.2) is 106 Å². The fourth-order valence-corrected chi connectivity index (χ4v) is 4.59. The first-order valence-corrected chi connectivity index (χ1v) is 13.1. The molecule has 0 radical (unpaired) electrons. The number of allylic oxidation sites excluding steroid dienone is 8. The average Bonchev–Trinajstić information content (AvgIpc) is 3.56. The van der Waals surface area contributed by atoms with Crippen molar-refractivity contribution in [3.05, 3.63) is 96.1 Å². The van der Waals surface area contributed by atoms with Crippen LogP contribution >= 0.6 is 0 Å². The molecular formula is C32H34N4O2. The molecule has 2 fully saturated rings. The second kappa shape index (κ2) is 13.3. The van der Waals surface area contributed by atoms with Crippen LogP contribution in [-0.2, 0) is 9.59 Å². The highest BCUT2D eigenvalue weighted by atomic mass is 16.2. The molecule has 2 aliphatic heterocycles. The lowest BCUT2D eigenvalue weighted by Crippen LogP contribution is -2.23. The molecule has 4 rings (SSSR count). The maximum atomic E-state index is 12.1. The summed E-state index contributed by atoms with van der Waals surface area (Å²) >= 11 is 0. The summed E-state index contributed by atoms with van der Waals surface area (Å²) in [7, 11) is 0. The van der Waals surface area contributed by atoms with Crippen LogP contribution in [-0.4, -0.2) is 37.3 Å². The Hall–Kier alpha value is -4.32. The van der Waals surface area contributed by atoms with Crippen LogP contribution in [0.4, 0.5) is 22.7 Å². The largest absolute Gasteiger partial charge is 0.312 e. The van der Waals surface area contributed by atoms with Gasteiger partial charge in [-0.3, -0.25) is 19.6 Å². The molecule has 2 amide bonds. The first-order chi connectivity index (χ1) is 18.6. The van der Waals surface area contributed by atoms with Crippen molar-refractivity contribution in [2.45, 2.75) is 39.5 Å². The molecule has 2 aromatic carbocycles. The van der Waals surface area contributed by atoms with Gasteiger partial charge in [-0.15, -0.1) is 0 Å². The fraction of sp³-hybridized carbons (Fsp3) is 0.250. The number of carbonyl (C=O) groups is 2. The molecule has 0 aromatic heterocycles. The van der Waals surface area contributed by atoms with Crippen LogP contribution in [0.5, 0.6) is 0 Å². The minimum absolute atomic E-state index is 0.167. The van der Waals surface area contributed by atoms with Gasteiger partial charge < -0.3 is 9.80 Å². The van der Waals surface area contributed by atoms with Crippen molar-refractivity contribution < 1.29 is 9.59 Å². The van der Waals surface area contributed by atoms with Crippen molar-refractivity contribution in [3.8, 4) is 0 Å². The van der Waals surface area contributed by atoms with Gasteiger partial charge in [0.05, 0.1) is 11.4 Å². The van der Waals surface area contributed by atoms with E-state index < -0.39 is 0 Å². The van der Waals surface area contributed by atoms with E-state index in [0.29, 0.717) is 12.8 Å². The number of nitrogens with zero attached hydrogens (tertiary/aromatic N) is 4. The van der Waals surface area contributed by atoms with Gasteiger partial charge in [0.25, 0.3) is 0 Å². The lowest BCUT2D eigenvalue weighted by atomic mass is 10.0. The van der Waals surface area contributed by atoms with Crippen LogP contribution < -0.4 is 9.80 Å². The van der Waals surface area contributed by atoms with E-state index in [4.69, 9.17) is 0 Å². The van der Waals surface area contributed by atoms with E-state index in [-0.39, 0.29) is 11.8 Å². The lowest BCUT2D eigenvalue weighted by molar-refractivity contribution is -0.117.